The Kier molecular flexibility index (Phi) is 11.5. The molecule has 2 atom stereocenters. The largest absolute Gasteiger partial charge is 0.497 e. The first kappa shape index (κ1) is 32.2. The molecule has 11 heteroatoms. The van der Waals surface area contributed by atoms with Gasteiger partial charge < -0.3 is 15.0 Å². The highest BCUT2D eigenvalue weighted by atomic mass is 35.5. The molecule has 0 radical (unpaired) electrons. The van der Waals surface area contributed by atoms with Crippen LogP contribution in [0.4, 0.5) is 5.69 Å². The van der Waals surface area contributed by atoms with Crippen molar-refractivity contribution in [1.29, 1.82) is 0 Å². The number of nitrogens with zero attached hydrogens (tertiary/aromatic N) is 2. The highest BCUT2D eigenvalue weighted by molar-refractivity contribution is 7.92. The molecule has 0 unspecified atom stereocenters. The number of amides is 2. The van der Waals surface area contributed by atoms with E-state index in [2.05, 4.69) is 5.32 Å². The molecule has 3 aromatic rings. The Balaban J connectivity index is 2.08. The highest BCUT2D eigenvalue weighted by Crippen LogP contribution is 2.26. The van der Waals surface area contributed by atoms with Crippen LogP contribution in [0.15, 0.2) is 72.8 Å². The molecule has 41 heavy (non-hydrogen) atoms. The minimum atomic E-state index is -3.89. The molecule has 0 aromatic heterocycles. The molecular formula is C30H35Cl2N3O5S. The number of benzene rings is 3. The van der Waals surface area contributed by atoms with Gasteiger partial charge in [-0.05, 0) is 48.7 Å². The number of ether oxygens (including phenoxy) is 1. The molecule has 0 saturated carbocycles. The molecule has 0 fully saturated rings. The van der Waals surface area contributed by atoms with Crippen molar-refractivity contribution in [3.05, 3.63) is 94.0 Å². The lowest BCUT2D eigenvalue weighted by molar-refractivity contribution is -0.140. The van der Waals surface area contributed by atoms with Crippen LogP contribution >= 0.6 is 23.2 Å². The fourth-order valence-corrected chi connectivity index (χ4v) is 5.37. The van der Waals surface area contributed by atoms with Gasteiger partial charge in [-0.25, -0.2) is 8.42 Å². The molecule has 220 valence electrons. The van der Waals surface area contributed by atoms with Crippen LogP contribution in [-0.4, -0.2) is 57.1 Å². The third-order valence-electron chi connectivity index (χ3n) is 6.63. The minimum absolute atomic E-state index is 0.00311. The fourth-order valence-electron chi connectivity index (χ4n) is 4.21. The summed E-state index contributed by atoms with van der Waals surface area (Å²) in [6, 6.07) is 19.7. The lowest BCUT2D eigenvalue weighted by Gasteiger charge is -2.34. The van der Waals surface area contributed by atoms with E-state index >= 15 is 0 Å². The number of nitrogens with one attached hydrogen (secondary N) is 1. The van der Waals surface area contributed by atoms with Gasteiger partial charge in [0.05, 0.1) is 29.1 Å². The number of methoxy groups -OCH3 is 1. The first-order valence-electron chi connectivity index (χ1n) is 13.1. The minimum Gasteiger partial charge on any atom is -0.497 e. The summed E-state index contributed by atoms with van der Waals surface area (Å²) in [5.74, 6) is -0.473. The van der Waals surface area contributed by atoms with Gasteiger partial charge in [-0.1, -0.05) is 72.6 Å². The monoisotopic (exact) mass is 619 g/mol. The van der Waals surface area contributed by atoms with Gasteiger partial charge in [0, 0.05) is 25.1 Å². The zero-order valence-corrected chi connectivity index (χ0v) is 25.8. The molecular weight excluding hydrogens is 585 g/mol. The molecule has 0 saturated heterocycles. The topological polar surface area (TPSA) is 96.0 Å². The van der Waals surface area contributed by atoms with Gasteiger partial charge in [0.1, 0.15) is 18.3 Å². The van der Waals surface area contributed by atoms with Crippen LogP contribution in [0, 0.1) is 0 Å². The number of rotatable bonds is 13. The molecule has 2 amide bonds. The molecule has 0 aliphatic carbocycles. The molecule has 0 spiro atoms. The number of sulfonamides is 1. The lowest BCUT2D eigenvalue weighted by atomic mass is 10.0. The quantitative estimate of drug-likeness (QED) is 0.279. The first-order valence-corrected chi connectivity index (χ1v) is 15.7. The molecule has 1 N–H and O–H groups in total. The van der Waals surface area contributed by atoms with Gasteiger partial charge >= 0.3 is 0 Å². The van der Waals surface area contributed by atoms with Crippen LogP contribution in [0.3, 0.4) is 0 Å². The van der Waals surface area contributed by atoms with Crippen molar-refractivity contribution < 1.29 is 22.7 Å². The Labute approximate surface area is 252 Å². The Hall–Kier alpha value is -3.27. The van der Waals surface area contributed by atoms with Gasteiger partial charge in [-0.15, -0.1) is 0 Å². The van der Waals surface area contributed by atoms with Crippen molar-refractivity contribution in [2.24, 2.45) is 0 Å². The molecule has 0 aliphatic heterocycles. The molecule has 0 aliphatic rings. The second kappa shape index (κ2) is 14.6. The van der Waals surface area contributed by atoms with Crippen LogP contribution in [0.5, 0.6) is 5.75 Å². The number of hydrogen-bond acceptors (Lipinski definition) is 5. The Morgan fingerprint density at radius 2 is 1.66 bits per heavy atom. The summed E-state index contributed by atoms with van der Waals surface area (Å²) in [7, 11) is -2.42. The standard InChI is InChI=1S/C30H35Cl2N3O5S/c1-5-21(2)33-30(37)28(17-22-10-7-6-8-11-22)34(19-23-14-15-26(31)27(32)16-23)29(36)20-35(41(4,38)39)24-12-9-13-25(18-24)40-3/h6-16,18,21,28H,5,17,19-20H2,1-4H3,(H,33,37)/t21-,28+/m1/s1. The van der Waals surface area contributed by atoms with Gasteiger partial charge in [-0.2, -0.15) is 0 Å². The summed E-state index contributed by atoms with van der Waals surface area (Å²) in [6.07, 6.45) is 1.94. The van der Waals surface area contributed by atoms with Crippen molar-refractivity contribution in [1.82, 2.24) is 10.2 Å². The zero-order valence-electron chi connectivity index (χ0n) is 23.5. The summed E-state index contributed by atoms with van der Waals surface area (Å²) >= 11 is 12.4. The summed E-state index contributed by atoms with van der Waals surface area (Å²) in [5.41, 5.74) is 1.74. The summed E-state index contributed by atoms with van der Waals surface area (Å²) in [5, 5.41) is 3.65. The summed E-state index contributed by atoms with van der Waals surface area (Å²) < 4.78 is 32.1. The van der Waals surface area contributed by atoms with E-state index in [9.17, 15) is 18.0 Å². The SMILES string of the molecule is CC[C@@H](C)NC(=O)[C@H](Cc1ccccc1)N(Cc1ccc(Cl)c(Cl)c1)C(=O)CN(c1cccc(OC)c1)S(C)(=O)=O. The Morgan fingerprint density at radius 1 is 0.951 bits per heavy atom. The van der Waals surface area contributed by atoms with Gasteiger partial charge in [0.15, 0.2) is 0 Å². The van der Waals surface area contributed by atoms with Gasteiger partial charge in [-0.3, -0.25) is 13.9 Å². The number of anilines is 1. The van der Waals surface area contributed by atoms with Crippen LogP contribution in [0.1, 0.15) is 31.4 Å². The van der Waals surface area contributed by atoms with Crippen molar-refractivity contribution in [3.63, 3.8) is 0 Å². The third-order valence-corrected chi connectivity index (χ3v) is 8.51. The van der Waals surface area contributed by atoms with E-state index in [1.165, 1.54) is 18.1 Å². The second-order valence-electron chi connectivity index (χ2n) is 9.76. The van der Waals surface area contributed by atoms with E-state index in [4.69, 9.17) is 27.9 Å². The highest BCUT2D eigenvalue weighted by Gasteiger charge is 2.33. The van der Waals surface area contributed by atoms with E-state index in [1.807, 2.05) is 44.2 Å². The molecule has 3 rings (SSSR count). The van der Waals surface area contributed by atoms with Crippen molar-refractivity contribution in [2.75, 3.05) is 24.2 Å². The first-order chi connectivity index (χ1) is 19.4. The normalized spacial score (nSPS) is 12.7. The van der Waals surface area contributed by atoms with E-state index < -0.39 is 28.5 Å². The van der Waals surface area contributed by atoms with Crippen molar-refractivity contribution >= 4 is 50.7 Å². The van der Waals surface area contributed by atoms with E-state index in [0.717, 1.165) is 16.1 Å². The average molecular weight is 621 g/mol. The molecule has 0 bridgehead atoms. The van der Waals surface area contributed by atoms with Crippen molar-refractivity contribution in [2.45, 2.75) is 45.3 Å². The van der Waals surface area contributed by atoms with Crippen LogP contribution in [0.25, 0.3) is 0 Å². The van der Waals surface area contributed by atoms with E-state index in [1.54, 1.807) is 36.4 Å². The number of hydrogen-bond donors (Lipinski definition) is 1. The lowest BCUT2D eigenvalue weighted by Crippen LogP contribution is -2.54. The maximum absolute atomic E-state index is 14.1. The maximum Gasteiger partial charge on any atom is 0.244 e. The molecule has 3 aromatic carbocycles. The van der Waals surface area contributed by atoms with Crippen molar-refractivity contribution in [3.8, 4) is 5.75 Å². The van der Waals surface area contributed by atoms with E-state index in [-0.39, 0.29) is 30.6 Å². The summed E-state index contributed by atoms with van der Waals surface area (Å²) in [4.78, 5) is 29.2. The number of halogens is 2. The maximum atomic E-state index is 14.1. The van der Waals surface area contributed by atoms with Gasteiger partial charge in [0.25, 0.3) is 0 Å². The number of carbonyl (C=O) groups is 2. The summed E-state index contributed by atoms with van der Waals surface area (Å²) in [6.45, 7) is 3.30. The third kappa shape index (κ3) is 9.11. The Bertz CT molecular complexity index is 1450. The predicted molar refractivity (Wildman–Crippen MR) is 164 cm³/mol. The smallest absolute Gasteiger partial charge is 0.244 e. The zero-order chi connectivity index (χ0) is 30.2. The number of carbonyl (C=O) groups excluding carboxylic acids is 2. The second-order valence-corrected chi connectivity index (χ2v) is 12.5. The van der Waals surface area contributed by atoms with E-state index in [0.29, 0.717) is 27.8 Å². The van der Waals surface area contributed by atoms with Crippen LogP contribution < -0.4 is 14.4 Å². The average Bonchev–Trinajstić information content (AvgIpc) is 2.95. The predicted octanol–water partition coefficient (Wildman–Crippen LogP) is 5.32. The van der Waals surface area contributed by atoms with Crippen LogP contribution in [0.2, 0.25) is 10.0 Å². The van der Waals surface area contributed by atoms with Crippen LogP contribution in [-0.2, 0) is 32.6 Å². The Morgan fingerprint density at radius 3 is 2.27 bits per heavy atom. The molecule has 8 nitrogen and oxygen atoms in total. The molecule has 0 heterocycles. The fraction of sp³-hybridized carbons (Fsp3) is 0.333. The van der Waals surface area contributed by atoms with Gasteiger partial charge in [0.2, 0.25) is 21.8 Å².